The van der Waals surface area contributed by atoms with Gasteiger partial charge < -0.3 is 13.9 Å². The lowest BCUT2D eigenvalue weighted by molar-refractivity contribution is 0.125. The van der Waals surface area contributed by atoms with Crippen molar-refractivity contribution in [1.29, 1.82) is 0 Å². The van der Waals surface area contributed by atoms with Gasteiger partial charge in [-0.3, -0.25) is 0 Å². The number of rotatable bonds is 4. The number of hydrogen-bond acceptors (Lipinski definition) is 5. The molecule has 0 aliphatic carbocycles. The maximum absolute atomic E-state index is 4.89. The van der Waals surface area contributed by atoms with Crippen LogP contribution in [0.3, 0.4) is 0 Å². The maximum atomic E-state index is 4.89. The molecule has 1 aromatic heterocycles. The lowest BCUT2D eigenvalue weighted by atomic mass is 10.8. The molecular formula is C5H7N2O3. The average Bonchev–Trinajstić information content (AvgIpc) is 2.41. The van der Waals surface area contributed by atoms with Crippen molar-refractivity contribution in [1.82, 2.24) is 10.2 Å². The van der Waals surface area contributed by atoms with Gasteiger partial charge in [0.2, 0.25) is 0 Å². The molecule has 0 saturated heterocycles. The minimum atomic E-state index is 0.122. The summed E-state index contributed by atoms with van der Waals surface area (Å²) in [4.78, 5) is 0. The van der Waals surface area contributed by atoms with E-state index < -0.39 is 0 Å². The van der Waals surface area contributed by atoms with Crippen LogP contribution in [0.2, 0.25) is 0 Å². The summed E-state index contributed by atoms with van der Waals surface area (Å²) >= 11 is 0. The summed E-state index contributed by atoms with van der Waals surface area (Å²) in [6.45, 7) is 0.912. The molecule has 10 heavy (non-hydrogen) atoms. The smallest absolute Gasteiger partial charge is 0.415 e. The van der Waals surface area contributed by atoms with Crippen molar-refractivity contribution in [3.05, 3.63) is 6.39 Å². The third kappa shape index (κ3) is 2.02. The minimum absolute atomic E-state index is 0.122. The van der Waals surface area contributed by atoms with E-state index >= 15 is 0 Å². The van der Waals surface area contributed by atoms with E-state index in [1.54, 1.807) is 7.11 Å². The van der Waals surface area contributed by atoms with E-state index in [4.69, 9.17) is 9.47 Å². The van der Waals surface area contributed by atoms with Crippen LogP contribution in [0.25, 0.3) is 0 Å². The van der Waals surface area contributed by atoms with Gasteiger partial charge in [0.05, 0.1) is 6.61 Å². The molecule has 1 aromatic rings. The van der Waals surface area contributed by atoms with Crippen molar-refractivity contribution in [3.8, 4) is 6.08 Å². The lowest BCUT2D eigenvalue weighted by Crippen LogP contribution is -2.04. The van der Waals surface area contributed by atoms with Gasteiger partial charge in [0, 0.05) is 7.11 Å². The van der Waals surface area contributed by atoms with Crippen molar-refractivity contribution in [2.24, 2.45) is 0 Å². The van der Waals surface area contributed by atoms with Crippen LogP contribution in [-0.2, 0) is 4.74 Å². The molecule has 1 rings (SSSR count). The molecule has 1 radical (unpaired) electrons. The average molecular weight is 143 g/mol. The summed E-state index contributed by atoms with van der Waals surface area (Å²) in [5.41, 5.74) is 0. The van der Waals surface area contributed by atoms with Crippen LogP contribution in [-0.4, -0.2) is 30.5 Å². The SMILES string of the molecule is COCCOc1nn[c]o1. The Morgan fingerprint density at radius 3 is 3.10 bits per heavy atom. The highest BCUT2D eigenvalue weighted by Gasteiger charge is 1.96. The van der Waals surface area contributed by atoms with E-state index in [1.807, 2.05) is 0 Å². The van der Waals surface area contributed by atoms with Crippen LogP contribution in [0.15, 0.2) is 4.42 Å². The van der Waals surface area contributed by atoms with Gasteiger partial charge in [-0.2, -0.15) is 0 Å². The van der Waals surface area contributed by atoms with E-state index in [-0.39, 0.29) is 6.08 Å². The predicted molar refractivity (Wildman–Crippen MR) is 30.5 cm³/mol. The van der Waals surface area contributed by atoms with E-state index in [2.05, 4.69) is 21.0 Å². The third-order valence-corrected chi connectivity index (χ3v) is 0.818. The summed E-state index contributed by atoms with van der Waals surface area (Å²) in [7, 11) is 1.59. The summed E-state index contributed by atoms with van der Waals surface area (Å²) in [6, 6.07) is 0. The first kappa shape index (κ1) is 7.01. The monoisotopic (exact) mass is 143 g/mol. The van der Waals surface area contributed by atoms with E-state index in [9.17, 15) is 0 Å². The summed E-state index contributed by atoms with van der Waals surface area (Å²) in [5, 5.41) is 6.73. The molecule has 0 saturated carbocycles. The summed E-state index contributed by atoms with van der Waals surface area (Å²) in [6.07, 6.45) is 2.28. The molecule has 0 spiro atoms. The van der Waals surface area contributed by atoms with Crippen molar-refractivity contribution in [2.75, 3.05) is 20.3 Å². The highest BCUT2D eigenvalue weighted by molar-refractivity contribution is 4.75. The normalized spacial score (nSPS) is 9.70. The summed E-state index contributed by atoms with van der Waals surface area (Å²) < 4.78 is 14.2. The molecule has 0 N–H and O–H groups in total. The van der Waals surface area contributed by atoms with Gasteiger partial charge in [0.1, 0.15) is 6.61 Å². The standard InChI is InChI=1S/C5H7N2O3/c1-8-2-3-9-5-7-6-4-10-5/h2-3H2,1H3. The van der Waals surface area contributed by atoms with Crippen LogP contribution in [0, 0.1) is 6.39 Å². The van der Waals surface area contributed by atoms with Crippen LogP contribution in [0.4, 0.5) is 0 Å². The van der Waals surface area contributed by atoms with Crippen molar-refractivity contribution in [2.45, 2.75) is 0 Å². The fourth-order valence-corrected chi connectivity index (χ4v) is 0.412. The highest BCUT2D eigenvalue weighted by atomic mass is 16.6. The van der Waals surface area contributed by atoms with Crippen molar-refractivity contribution in [3.63, 3.8) is 0 Å². The number of ether oxygens (including phenoxy) is 2. The quantitative estimate of drug-likeness (QED) is 0.550. The Morgan fingerprint density at radius 2 is 2.50 bits per heavy atom. The first-order chi connectivity index (χ1) is 4.93. The molecule has 55 valence electrons. The largest absolute Gasteiger partial charge is 0.447 e. The number of nitrogens with zero attached hydrogens (tertiary/aromatic N) is 2. The Balaban J connectivity index is 2.15. The second-order valence-electron chi connectivity index (χ2n) is 1.50. The van der Waals surface area contributed by atoms with Gasteiger partial charge in [0.15, 0.2) is 0 Å². The Morgan fingerprint density at radius 1 is 1.60 bits per heavy atom. The molecule has 5 heteroatoms. The number of methoxy groups -OCH3 is 1. The molecule has 1 heterocycles. The fraction of sp³-hybridized carbons (Fsp3) is 0.600. The molecule has 5 nitrogen and oxygen atoms in total. The van der Waals surface area contributed by atoms with E-state index in [0.717, 1.165) is 0 Å². The van der Waals surface area contributed by atoms with Crippen LogP contribution in [0.5, 0.6) is 6.08 Å². The topological polar surface area (TPSA) is 57.4 Å². The molecule has 0 unspecified atom stereocenters. The van der Waals surface area contributed by atoms with Crippen molar-refractivity contribution < 1.29 is 13.9 Å². The molecule has 0 bridgehead atoms. The fourth-order valence-electron chi connectivity index (χ4n) is 0.412. The molecule has 0 aliphatic heterocycles. The summed E-state index contributed by atoms with van der Waals surface area (Å²) in [5.74, 6) is 0. The second kappa shape index (κ2) is 3.84. The van der Waals surface area contributed by atoms with Crippen LogP contribution >= 0.6 is 0 Å². The predicted octanol–water partition coefficient (Wildman–Crippen LogP) is -0.105. The van der Waals surface area contributed by atoms with Gasteiger partial charge in [-0.25, -0.2) is 0 Å². The van der Waals surface area contributed by atoms with E-state index in [1.165, 1.54) is 0 Å². The Hall–Kier alpha value is -1.10. The Kier molecular flexibility index (Phi) is 2.69. The molecule has 0 amide bonds. The van der Waals surface area contributed by atoms with Crippen molar-refractivity contribution >= 4 is 0 Å². The lowest BCUT2D eigenvalue weighted by Gasteiger charge is -1.96. The Bertz CT molecular complexity index is 163. The van der Waals surface area contributed by atoms with Crippen LogP contribution in [0.1, 0.15) is 0 Å². The maximum Gasteiger partial charge on any atom is 0.415 e. The van der Waals surface area contributed by atoms with Gasteiger partial charge >= 0.3 is 12.5 Å². The second-order valence-corrected chi connectivity index (χ2v) is 1.50. The molecule has 0 atom stereocenters. The van der Waals surface area contributed by atoms with Gasteiger partial charge in [0.25, 0.3) is 0 Å². The first-order valence-corrected chi connectivity index (χ1v) is 2.75. The number of aromatic nitrogens is 2. The zero-order valence-electron chi connectivity index (χ0n) is 5.53. The molecule has 0 aromatic carbocycles. The number of hydrogen-bond donors (Lipinski definition) is 0. The highest BCUT2D eigenvalue weighted by Crippen LogP contribution is 1.99. The van der Waals surface area contributed by atoms with Crippen LogP contribution < -0.4 is 4.74 Å². The van der Waals surface area contributed by atoms with E-state index in [0.29, 0.717) is 13.2 Å². The molecule has 0 fully saturated rings. The zero-order chi connectivity index (χ0) is 7.23. The van der Waals surface area contributed by atoms with Gasteiger partial charge in [-0.1, -0.05) is 10.2 Å². The minimum Gasteiger partial charge on any atom is -0.447 e. The van der Waals surface area contributed by atoms with Gasteiger partial charge in [-0.05, 0) is 0 Å². The Labute approximate surface area is 58.0 Å². The van der Waals surface area contributed by atoms with Gasteiger partial charge in [-0.15, -0.1) is 0 Å². The zero-order valence-corrected chi connectivity index (χ0v) is 5.53. The molecule has 0 aliphatic rings. The third-order valence-electron chi connectivity index (χ3n) is 0.818. The first-order valence-electron chi connectivity index (χ1n) is 2.75. The molecular weight excluding hydrogens is 136 g/mol.